The molecule has 96 valence electrons. The third-order valence-corrected chi connectivity index (χ3v) is 4.25. The van der Waals surface area contributed by atoms with Crippen molar-refractivity contribution < 1.29 is 4.42 Å². The number of aryl methyl sites for hydroxylation is 2. The van der Waals surface area contributed by atoms with Crippen LogP contribution in [0.25, 0.3) is 0 Å². The van der Waals surface area contributed by atoms with Gasteiger partial charge in [0.15, 0.2) is 0 Å². The average molecular weight is 328 g/mol. The van der Waals surface area contributed by atoms with Gasteiger partial charge in [-0.25, -0.2) is 0 Å². The zero-order valence-corrected chi connectivity index (χ0v) is 13.1. The van der Waals surface area contributed by atoms with Crippen LogP contribution in [-0.2, 0) is 6.42 Å². The molecule has 2 rings (SSSR count). The number of rotatable bonds is 3. The van der Waals surface area contributed by atoms with Crippen molar-refractivity contribution in [2.24, 2.45) is 0 Å². The summed E-state index contributed by atoms with van der Waals surface area (Å²) < 4.78 is 5.67. The van der Waals surface area contributed by atoms with Crippen LogP contribution in [0.5, 0.6) is 0 Å². The highest BCUT2D eigenvalue weighted by Crippen LogP contribution is 2.35. The van der Waals surface area contributed by atoms with E-state index in [0.717, 1.165) is 23.0 Å². The molecule has 3 heteroatoms. The molecule has 1 heterocycles. The van der Waals surface area contributed by atoms with Crippen molar-refractivity contribution in [3.05, 3.63) is 57.5 Å². The predicted molar refractivity (Wildman–Crippen MR) is 79.7 cm³/mol. The summed E-state index contributed by atoms with van der Waals surface area (Å²) in [6.45, 7) is 6.12. The molecular weight excluding hydrogens is 312 g/mol. The lowest BCUT2D eigenvalue weighted by Crippen LogP contribution is -1.98. The molecule has 0 radical (unpaired) electrons. The molecule has 1 aromatic carbocycles. The Morgan fingerprint density at radius 1 is 1.22 bits per heavy atom. The van der Waals surface area contributed by atoms with Gasteiger partial charge in [0.05, 0.1) is 0 Å². The molecule has 0 spiro atoms. The Morgan fingerprint density at radius 2 is 1.94 bits per heavy atom. The van der Waals surface area contributed by atoms with E-state index in [-0.39, 0.29) is 4.83 Å². The maximum Gasteiger partial charge on any atom is 0.105 e. The SMILES string of the molecule is Cc1oc(C)c(C(Br)Cc2cccc(Cl)c2)c1C. The zero-order chi connectivity index (χ0) is 13.3. The van der Waals surface area contributed by atoms with E-state index in [1.165, 1.54) is 16.7 Å². The van der Waals surface area contributed by atoms with Crippen molar-refractivity contribution in [3.8, 4) is 0 Å². The van der Waals surface area contributed by atoms with E-state index in [9.17, 15) is 0 Å². The standard InChI is InChI=1S/C15H16BrClO/c1-9-10(2)18-11(3)15(9)14(16)8-12-5-4-6-13(17)7-12/h4-7,14H,8H2,1-3H3. The van der Waals surface area contributed by atoms with Crippen LogP contribution in [0, 0.1) is 20.8 Å². The van der Waals surface area contributed by atoms with Gasteiger partial charge in [-0.3, -0.25) is 0 Å². The molecule has 0 saturated carbocycles. The molecule has 1 unspecified atom stereocenters. The monoisotopic (exact) mass is 326 g/mol. The summed E-state index contributed by atoms with van der Waals surface area (Å²) in [7, 11) is 0. The van der Waals surface area contributed by atoms with Crippen LogP contribution in [0.15, 0.2) is 28.7 Å². The minimum Gasteiger partial charge on any atom is -0.466 e. The van der Waals surface area contributed by atoms with Crippen molar-refractivity contribution in [3.63, 3.8) is 0 Å². The third kappa shape index (κ3) is 2.81. The summed E-state index contributed by atoms with van der Waals surface area (Å²) in [5.41, 5.74) is 3.71. The van der Waals surface area contributed by atoms with Gasteiger partial charge >= 0.3 is 0 Å². The minimum absolute atomic E-state index is 0.258. The highest BCUT2D eigenvalue weighted by Gasteiger charge is 2.19. The molecule has 18 heavy (non-hydrogen) atoms. The molecule has 2 aromatic rings. The van der Waals surface area contributed by atoms with Crippen molar-refractivity contribution >= 4 is 27.5 Å². The van der Waals surface area contributed by atoms with Gasteiger partial charge in [0.25, 0.3) is 0 Å². The average Bonchev–Trinajstić information content (AvgIpc) is 2.53. The Hall–Kier alpha value is -0.730. The van der Waals surface area contributed by atoms with E-state index in [0.29, 0.717) is 0 Å². The second-order valence-corrected chi connectivity index (χ2v) is 6.10. The highest BCUT2D eigenvalue weighted by molar-refractivity contribution is 9.09. The summed E-state index contributed by atoms with van der Waals surface area (Å²) in [4.78, 5) is 0.258. The Bertz CT molecular complexity index is 560. The molecule has 0 bridgehead atoms. The van der Waals surface area contributed by atoms with Gasteiger partial charge in [-0.1, -0.05) is 39.7 Å². The summed E-state index contributed by atoms with van der Waals surface area (Å²) in [5.74, 6) is 1.99. The van der Waals surface area contributed by atoms with Gasteiger partial charge in [-0.2, -0.15) is 0 Å². The maximum absolute atomic E-state index is 6.01. The molecule has 0 amide bonds. The van der Waals surface area contributed by atoms with E-state index in [1.54, 1.807) is 0 Å². The van der Waals surface area contributed by atoms with E-state index in [2.05, 4.69) is 28.9 Å². The smallest absolute Gasteiger partial charge is 0.105 e. The van der Waals surface area contributed by atoms with Gasteiger partial charge in [0.1, 0.15) is 11.5 Å². The van der Waals surface area contributed by atoms with Crippen molar-refractivity contribution in [2.75, 3.05) is 0 Å². The lowest BCUT2D eigenvalue weighted by molar-refractivity contribution is 0.499. The first-order valence-electron chi connectivity index (χ1n) is 5.94. The summed E-state index contributed by atoms with van der Waals surface area (Å²) in [5, 5.41) is 0.781. The van der Waals surface area contributed by atoms with Crippen molar-refractivity contribution in [1.29, 1.82) is 0 Å². The van der Waals surface area contributed by atoms with Crippen LogP contribution in [0.4, 0.5) is 0 Å². The first-order chi connectivity index (χ1) is 8.49. The summed E-state index contributed by atoms with van der Waals surface area (Å²) in [6, 6.07) is 7.98. The van der Waals surface area contributed by atoms with Crippen LogP contribution in [-0.4, -0.2) is 0 Å². The second-order valence-electron chi connectivity index (χ2n) is 4.55. The Labute approximate surface area is 121 Å². The largest absolute Gasteiger partial charge is 0.466 e. The van der Waals surface area contributed by atoms with Crippen LogP contribution in [0.1, 0.15) is 33.0 Å². The first-order valence-corrected chi connectivity index (χ1v) is 7.23. The molecule has 1 nitrogen and oxygen atoms in total. The quantitative estimate of drug-likeness (QED) is 0.675. The van der Waals surface area contributed by atoms with Gasteiger partial charge in [-0.15, -0.1) is 0 Å². The molecule has 0 N–H and O–H groups in total. The fourth-order valence-electron chi connectivity index (χ4n) is 2.24. The number of alkyl halides is 1. The van der Waals surface area contributed by atoms with E-state index >= 15 is 0 Å². The summed E-state index contributed by atoms with van der Waals surface area (Å²) in [6.07, 6.45) is 0.904. The molecule has 1 atom stereocenters. The van der Waals surface area contributed by atoms with Gasteiger partial charge in [0.2, 0.25) is 0 Å². The zero-order valence-electron chi connectivity index (χ0n) is 10.8. The minimum atomic E-state index is 0.258. The van der Waals surface area contributed by atoms with Crippen LogP contribution in [0.2, 0.25) is 5.02 Å². The normalized spacial score (nSPS) is 12.7. The highest BCUT2D eigenvalue weighted by atomic mass is 79.9. The lowest BCUT2D eigenvalue weighted by Gasteiger charge is -2.11. The molecule has 0 fully saturated rings. The number of benzene rings is 1. The third-order valence-electron chi connectivity index (χ3n) is 3.23. The number of hydrogen-bond acceptors (Lipinski definition) is 1. The lowest BCUT2D eigenvalue weighted by atomic mass is 10.0. The predicted octanol–water partition coefficient (Wildman–Crippen LogP) is 5.54. The Kier molecular flexibility index (Phi) is 4.18. The number of hydrogen-bond donors (Lipinski definition) is 0. The van der Waals surface area contributed by atoms with Gasteiger partial charge in [0, 0.05) is 15.4 Å². The van der Waals surface area contributed by atoms with Crippen LogP contribution >= 0.6 is 27.5 Å². The summed E-state index contributed by atoms with van der Waals surface area (Å²) >= 11 is 9.77. The Balaban J connectivity index is 2.24. The molecule has 0 aliphatic carbocycles. The van der Waals surface area contributed by atoms with Crippen LogP contribution in [0.3, 0.4) is 0 Å². The van der Waals surface area contributed by atoms with Gasteiger partial charge in [-0.05, 0) is 50.5 Å². The molecular formula is C15H16BrClO. The fraction of sp³-hybridized carbons (Fsp3) is 0.333. The maximum atomic E-state index is 6.01. The van der Waals surface area contributed by atoms with E-state index < -0.39 is 0 Å². The molecule has 1 aromatic heterocycles. The van der Waals surface area contributed by atoms with Crippen molar-refractivity contribution in [1.82, 2.24) is 0 Å². The molecule has 0 aliphatic heterocycles. The van der Waals surface area contributed by atoms with Crippen molar-refractivity contribution in [2.45, 2.75) is 32.0 Å². The van der Waals surface area contributed by atoms with Crippen LogP contribution < -0.4 is 0 Å². The Morgan fingerprint density at radius 3 is 2.50 bits per heavy atom. The first kappa shape index (κ1) is 13.7. The second kappa shape index (κ2) is 5.50. The fourth-order valence-corrected chi connectivity index (χ4v) is 3.50. The van der Waals surface area contributed by atoms with E-state index in [1.807, 2.05) is 32.0 Å². The number of halogens is 2. The topological polar surface area (TPSA) is 13.1 Å². The molecule has 0 aliphatic rings. The van der Waals surface area contributed by atoms with Gasteiger partial charge < -0.3 is 4.42 Å². The molecule has 0 saturated heterocycles. The van der Waals surface area contributed by atoms with E-state index in [4.69, 9.17) is 16.0 Å². The number of furan rings is 1.